The molecule has 2 aromatic carbocycles. The van der Waals surface area contributed by atoms with Crippen LogP contribution in [-0.4, -0.2) is 27.7 Å². The number of nitro groups is 1. The van der Waals surface area contributed by atoms with Crippen LogP contribution in [0.25, 0.3) is 0 Å². The fourth-order valence-electron chi connectivity index (χ4n) is 2.91. The summed E-state index contributed by atoms with van der Waals surface area (Å²) in [5.74, 6) is 0.545. The topological polar surface area (TPSA) is 109 Å². The van der Waals surface area contributed by atoms with E-state index in [4.69, 9.17) is 9.47 Å². The van der Waals surface area contributed by atoms with Gasteiger partial charge in [-0.15, -0.1) is 0 Å². The lowest BCUT2D eigenvalue weighted by Gasteiger charge is -2.10. The molecule has 0 fully saturated rings. The second-order valence-corrected chi connectivity index (χ2v) is 6.94. The smallest absolute Gasteiger partial charge is 0.435 e. The highest BCUT2D eigenvalue weighted by Gasteiger charge is 2.34. The van der Waals surface area contributed by atoms with Crippen molar-refractivity contribution in [2.24, 2.45) is 0 Å². The molecule has 33 heavy (non-hydrogen) atoms. The van der Waals surface area contributed by atoms with Crippen LogP contribution in [0.15, 0.2) is 48.5 Å². The molecular formula is C21H19F3N4O5. The maximum absolute atomic E-state index is 12.8. The molecule has 0 aliphatic heterocycles. The van der Waals surface area contributed by atoms with E-state index in [1.807, 2.05) is 0 Å². The van der Waals surface area contributed by atoms with E-state index < -0.39 is 22.7 Å². The average Bonchev–Trinajstić information content (AvgIpc) is 3.13. The summed E-state index contributed by atoms with van der Waals surface area (Å²) in [6.07, 6.45) is -4.78. The van der Waals surface area contributed by atoms with E-state index in [-0.39, 0.29) is 35.8 Å². The Bertz CT molecular complexity index is 1160. The van der Waals surface area contributed by atoms with Crippen molar-refractivity contribution < 1.29 is 32.4 Å². The molecule has 1 heterocycles. The molecule has 0 spiro atoms. The third-order valence-electron chi connectivity index (χ3n) is 4.50. The minimum Gasteiger partial charge on any atom is -0.497 e. The number of non-ortho nitro benzene ring substituents is 1. The van der Waals surface area contributed by atoms with Gasteiger partial charge in [0, 0.05) is 30.8 Å². The number of benzene rings is 2. The monoisotopic (exact) mass is 464 g/mol. The Morgan fingerprint density at radius 2 is 1.79 bits per heavy atom. The molecule has 0 saturated carbocycles. The number of nitrogens with one attached hydrogen (secondary N) is 1. The molecule has 0 unspecified atom stereocenters. The van der Waals surface area contributed by atoms with Gasteiger partial charge in [-0.2, -0.15) is 18.3 Å². The zero-order chi connectivity index (χ0) is 24.2. The first-order valence-corrected chi connectivity index (χ1v) is 9.58. The molecular weight excluding hydrogens is 445 g/mol. The van der Waals surface area contributed by atoms with Crippen LogP contribution in [0.1, 0.15) is 17.8 Å². The number of ether oxygens (including phenoxy) is 2. The highest BCUT2D eigenvalue weighted by Crippen LogP contribution is 2.31. The van der Waals surface area contributed by atoms with Gasteiger partial charge in [0.05, 0.1) is 23.8 Å². The first-order valence-electron chi connectivity index (χ1n) is 9.58. The number of nitro benzene ring substituents is 1. The summed E-state index contributed by atoms with van der Waals surface area (Å²) in [7, 11) is 1.51. The Morgan fingerprint density at radius 1 is 1.12 bits per heavy atom. The number of anilines is 1. The number of rotatable bonds is 8. The molecule has 0 atom stereocenters. The van der Waals surface area contributed by atoms with Crippen molar-refractivity contribution in [3.63, 3.8) is 0 Å². The average molecular weight is 464 g/mol. The van der Waals surface area contributed by atoms with Gasteiger partial charge in [-0.25, -0.2) is 0 Å². The molecule has 0 saturated heterocycles. The molecule has 12 heteroatoms. The van der Waals surface area contributed by atoms with Crippen molar-refractivity contribution in [2.45, 2.75) is 26.1 Å². The summed E-state index contributed by atoms with van der Waals surface area (Å²) in [5, 5.41) is 17.2. The third-order valence-corrected chi connectivity index (χ3v) is 4.50. The van der Waals surface area contributed by atoms with Crippen molar-refractivity contribution in [1.29, 1.82) is 0 Å². The van der Waals surface area contributed by atoms with Gasteiger partial charge in [0.25, 0.3) is 5.69 Å². The first kappa shape index (κ1) is 23.6. The SMILES string of the molecule is COc1ccc(Oc2cc(NC(=O)CCn3nc(C(F)(F)F)cc3C)cc([N+](=O)[O-])c2)cc1. The Hall–Kier alpha value is -4.09. The van der Waals surface area contributed by atoms with Crippen molar-refractivity contribution in [2.75, 3.05) is 12.4 Å². The highest BCUT2D eigenvalue weighted by atomic mass is 19.4. The lowest BCUT2D eigenvalue weighted by Crippen LogP contribution is -2.16. The van der Waals surface area contributed by atoms with Crippen LogP contribution >= 0.6 is 0 Å². The van der Waals surface area contributed by atoms with E-state index in [0.29, 0.717) is 11.5 Å². The van der Waals surface area contributed by atoms with Crippen LogP contribution in [0.2, 0.25) is 0 Å². The number of hydrogen-bond acceptors (Lipinski definition) is 6. The largest absolute Gasteiger partial charge is 0.497 e. The van der Waals surface area contributed by atoms with Gasteiger partial charge in [0.1, 0.15) is 17.2 Å². The van der Waals surface area contributed by atoms with Crippen molar-refractivity contribution in [1.82, 2.24) is 9.78 Å². The zero-order valence-corrected chi connectivity index (χ0v) is 17.5. The molecule has 1 aromatic heterocycles. The van der Waals surface area contributed by atoms with Crippen LogP contribution in [0, 0.1) is 17.0 Å². The predicted molar refractivity (Wildman–Crippen MR) is 111 cm³/mol. The van der Waals surface area contributed by atoms with E-state index in [1.54, 1.807) is 24.3 Å². The van der Waals surface area contributed by atoms with E-state index >= 15 is 0 Å². The Labute approximate surface area is 185 Å². The molecule has 0 aliphatic carbocycles. The molecule has 0 bridgehead atoms. The first-order chi connectivity index (χ1) is 15.5. The number of carbonyl (C=O) groups is 1. The third kappa shape index (κ3) is 6.21. The highest BCUT2D eigenvalue weighted by molar-refractivity contribution is 5.91. The van der Waals surface area contributed by atoms with E-state index in [0.717, 1.165) is 16.8 Å². The van der Waals surface area contributed by atoms with Crippen molar-refractivity contribution in [3.8, 4) is 17.2 Å². The summed E-state index contributed by atoms with van der Waals surface area (Å²) in [5.41, 5.74) is -1.00. The van der Waals surface area contributed by atoms with Crippen LogP contribution in [-0.2, 0) is 17.5 Å². The van der Waals surface area contributed by atoms with Gasteiger partial charge in [-0.1, -0.05) is 0 Å². The molecule has 3 rings (SSSR count). The van der Waals surface area contributed by atoms with E-state index in [1.165, 1.54) is 26.2 Å². The number of halogens is 3. The fraction of sp³-hybridized carbons (Fsp3) is 0.238. The van der Waals surface area contributed by atoms with Gasteiger partial charge in [-0.05, 0) is 37.3 Å². The van der Waals surface area contributed by atoms with Gasteiger partial charge < -0.3 is 14.8 Å². The zero-order valence-electron chi connectivity index (χ0n) is 17.5. The normalized spacial score (nSPS) is 11.2. The fourth-order valence-corrected chi connectivity index (χ4v) is 2.91. The van der Waals surface area contributed by atoms with Gasteiger partial charge in [-0.3, -0.25) is 19.6 Å². The molecule has 0 aliphatic rings. The quantitative estimate of drug-likeness (QED) is 0.373. The van der Waals surface area contributed by atoms with Crippen LogP contribution in [0.3, 0.4) is 0 Å². The minimum atomic E-state index is -4.58. The number of aromatic nitrogens is 2. The van der Waals surface area contributed by atoms with Gasteiger partial charge >= 0.3 is 6.18 Å². The second kappa shape index (κ2) is 9.59. The number of amides is 1. The van der Waals surface area contributed by atoms with Crippen molar-refractivity contribution >= 4 is 17.3 Å². The van der Waals surface area contributed by atoms with Crippen molar-refractivity contribution in [3.05, 3.63) is 70.0 Å². The minimum absolute atomic E-state index is 0.0993. The number of hydrogen-bond donors (Lipinski definition) is 1. The summed E-state index contributed by atoms with van der Waals surface area (Å²) < 4.78 is 50.1. The summed E-state index contributed by atoms with van der Waals surface area (Å²) in [4.78, 5) is 23.0. The summed E-state index contributed by atoms with van der Waals surface area (Å²) >= 11 is 0. The lowest BCUT2D eigenvalue weighted by molar-refractivity contribution is -0.384. The van der Waals surface area contributed by atoms with Gasteiger partial charge in [0.2, 0.25) is 5.91 Å². The standard InChI is InChI=1S/C21H19F3N4O5/c1-13-9-19(21(22,23)24)26-27(13)8-7-20(29)25-14-10-15(28(30)31)12-18(11-14)33-17-5-3-16(32-2)4-6-17/h3-6,9-12H,7-8H2,1-2H3,(H,25,29). The predicted octanol–water partition coefficient (Wildman–Crippen LogP) is 4.95. The van der Waals surface area contributed by atoms with E-state index in [9.17, 15) is 28.1 Å². The molecule has 0 radical (unpaired) electrons. The molecule has 1 N–H and O–H groups in total. The molecule has 9 nitrogen and oxygen atoms in total. The number of nitrogens with zero attached hydrogens (tertiary/aromatic N) is 3. The van der Waals surface area contributed by atoms with Crippen LogP contribution < -0.4 is 14.8 Å². The maximum Gasteiger partial charge on any atom is 0.435 e. The summed E-state index contributed by atoms with van der Waals surface area (Å²) in [6, 6.07) is 11.2. The molecule has 1 amide bonds. The Morgan fingerprint density at radius 3 is 2.36 bits per heavy atom. The number of methoxy groups -OCH3 is 1. The number of carbonyl (C=O) groups excluding carboxylic acids is 1. The van der Waals surface area contributed by atoms with Gasteiger partial charge in [0.15, 0.2) is 5.69 Å². The Balaban J connectivity index is 1.70. The lowest BCUT2D eigenvalue weighted by atomic mass is 10.2. The second-order valence-electron chi connectivity index (χ2n) is 6.94. The number of aryl methyl sites for hydroxylation is 2. The number of alkyl halides is 3. The maximum atomic E-state index is 12.8. The molecule has 174 valence electrons. The van der Waals surface area contributed by atoms with Crippen LogP contribution in [0.5, 0.6) is 17.2 Å². The van der Waals surface area contributed by atoms with E-state index in [2.05, 4.69) is 10.4 Å². The Kier molecular flexibility index (Phi) is 6.85. The van der Waals surface area contributed by atoms with Crippen LogP contribution in [0.4, 0.5) is 24.5 Å². The summed E-state index contributed by atoms with van der Waals surface area (Å²) in [6.45, 7) is 1.35. The molecule has 3 aromatic rings.